The van der Waals surface area contributed by atoms with Gasteiger partial charge in [0.25, 0.3) is 5.91 Å². The fourth-order valence-electron chi connectivity index (χ4n) is 2.72. The Balaban J connectivity index is 1.49. The maximum atomic E-state index is 12.1. The zero-order valence-corrected chi connectivity index (χ0v) is 14.7. The molecule has 6 heteroatoms. The fraction of sp³-hybridized carbons (Fsp3) is 0.526. The van der Waals surface area contributed by atoms with Crippen molar-refractivity contribution in [3.05, 3.63) is 29.3 Å². The molecule has 2 fully saturated rings. The molecule has 6 nitrogen and oxygen atoms in total. The number of aryl methyl sites for hydroxylation is 1. The molecule has 3 amide bonds. The van der Waals surface area contributed by atoms with Crippen molar-refractivity contribution in [2.24, 2.45) is 11.8 Å². The van der Waals surface area contributed by atoms with Gasteiger partial charge in [0, 0.05) is 36.2 Å². The minimum Gasteiger partial charge on any atom is -0.355 e. The molecule has 1 aromatic carbocycles. The molecule has 2 aliphatic carbocycles. The van der Waals surface area contributed by atoms with Gasteiger partial charge in [-0.15, -0.1) is 0 Å². The van der Waals surface area contributed by atoms with Crippen LogP contribution >= 0.6 is 0 Å². The van der Waals surface area contributed by atoms with Crippen LogP contribution in [-0.2, 0) is 9.59 Å². The molecule has 2 aliphatic rings. The van der Waals surface area contributed by atoms with E-state index in [1.807, 2.05) is 19.9 Å². The normalized spacial score (nSPS) is 21.4. The third kappa shape index (κ3) is 4.81. The highest BCUT2D eigenvalue weighted by molar-refractivity contribution is 5.98. The smallest absolute Gasteiger partial charge is 0.251 e. The first-order chi connectivity index (χ1) is 11.9. The van der Waals surface area contributed by atoms with E-state index in [9.17, 15) is 14.4 Å². The summed E-state index contributed by atoms with van der Waals surface area (Å²) in [6.45, 7) is 4.26. The van der Waals surface area contributed by atoms with Crippen LogP contribution in [-0.4, -0.2) is 30.3 Å². The van der Waals surface area contributed by atoms with E-state index in [2.05, 4.69) is 16.0 Å². The number of benzene rings is 1. The number of carbonyl (C=O) groups is 3. The van der Waals surface area contributed by atoms with Crippen molar-refractivity contribution < 1.29 is 14.4 Å². The summed E-state index contributed by atoms with van der Waals surface area (Å²) in [6.07, 6.45) is 3.22. The molecule has 0 aromatic heterocycles. The minimum atomic E-state index is -0.174. The van der Waals surface area contributed by atoms with Crippen LogP contribution in [0.2, 0.25) is 0 Å². The first-order valence-electron chi connectivity index (χ1n) is 8.93. The lowest BCUT2D eigenvalue weighted by Gasteiger charge is -2.11. The molecule has 1 aromatic rings. The third-order valence-electron chi connectivity index (χ3n) is 4.78. The van der Waals surface area contributed by atoms with Crippen LogP contribution in [0.3, 0.4) is 0 Å². The predicted octanol–water partition coefficient (Wildman–Crippen LogP) is 1.99. The van der Waals surface area contributed by atoms with Crippen molar-refractivity contribution in [1.82, 2.24) is 10.6 Å². The molecule has 134 valence electrons. The maximum absolute atomic E-state index is 12.1. The zero-order chi connectivity index (χ0) is 18.0. The number of hydrogen-bond donors (Lipinski definition) is 3. The predicted molar refractivity (Wildman–Crippen MR) is 95.2 cm³/mol. The molecule has 2 saturated carbocycles. The van der Waals surface area contributed by atoms with Gasteiger partial charge in [-0.25, -0.2) is 0 Å². The van der Waals surface area contributed by atoms with Crippen LogP contribution in [0.5, 0.6) is 0 Å². The maximum Gasteiger partial charge on any atom is 0.251 e. The molecule has 0 bridgehead atoms. The lowest BCUT2D eigenvalue weighted by molar-refractivity contribution is -0.122. The molecule has 0 spiro atoms. The second-order valence-corrected chi connectivity index (χ2v) is 7.19. The Hall–Kier alpha value is -2.37. The van der Waals surface area contributed by atoms with Crippen molar-refractivity contribution in [1.29, 1.82) is 0 Å². The van der Waals surface area contributed by atoms with E-state index in [1.54, 1.807) is 12.1 Å². The fourth-order valence-corrected chi connectivity index (χ4v) is 2.72. The monoisotopic (exact) mass is 343 g/mol. The number of nitrogens with one attached hydrogen (secondary N) is 3. The number of rotatable bonds is 7. The van der Waals surface area contributed by atoms with Crippen molar-refractivity contribution in [3.8, 4) is 0 Å². The van der Waals surface area contributed by atoms with E-state index in [0.717, 1.165) is 24.8 Å². The molecule has 0 heterocycles. The highest BCUT2D eigenvalue weighted by atomic mass is 16.2. The molecule has 0 aliphatic heterocycles. The van der Waals surface area contributed by atoms with Crippen molar-refractivity contribution in [2.75, 3.05) is 11.9 Å². The van der Waals surface area contributed by atoms with Crippen LogP contribution in [0.1, 0.15) is 48.5 Å². The summed E-state index contributed by atoms with van der Waals surface area (Å²) in [4.78, 5) is 36.0. The van der Waals surface area contributed by atoms with Crippen molar-refractivity contribution >= 4 is 23.4 Å². The van der Waals surface area contributed by atoms with Gasteiger partial charge >= 0.3 is 0 Å². The van der Waals surface area contributed by atoms with E-state index in [0.29, 0.717) is 29.8 Å². The van der Waals surface area contributed by atoms with Gasteiger partial charge in [-0.2, -0.15) is 0 Å². The van der Waals surface area contributed by atoms with Crippen LogP contribution in [0.25, 0.3) is 0 Å². The molecular formula is C19H25N3O3. The van der Waals surface area contributed by atoms with Gasteiger partial charge in [0.2, 0.25) is 11.8 Å². The summed E-state index contributed by atoms with van der Waals surface area (Å²) >= 11 is 0. The van der Waals surface area contributed by atoms with Gasteiger partial charge in [-0.05, 0) is 49.8 Å². The summed E-state index contributed by atoms with van der Waals surface area (Å²) < 4.78 is 0. The molecular weight excluding hydrogens is 318 g/mol. The molecule has 3 rings (SSSR count). The Morgan fingerprint density at radius 1 is 1.20 bits per heavy atom. The first kappa shape index (κ1) is 17.5. The number of carbonyl (C=O) groups excluding carboxylic acids is 3. The number of anilines is 1. The largest absolute Gasteiger partial charge is 0.355 e. The number of hydrogen-bond acceptors (Lipinski definition) is 3. The second-order valence-electron chi connectivity index (χ2n) is 7.19. The third-order valence-corrected chi connectivity index (χ3v) is 4.78. The Kier molecular flexibility index (Phi) is 5.06. The van der Waals surface area contributed by atoms with Gasteiger partial charge < -0.3 is 16.0 Å². The molecule has 2 unspecified atom stereocenters. The second kappa shape index (κ2) is 7.25. The first-order valence-corrected chi connectivity index (χ1v) is 8.93. The van der Waals surface area contributed by atoms with Crippen LogP contribution < -0.4 is 16.0 Å². The summed E-state index contributed by atoms with van der Waals surface area (Å²) in [7, 11) is 0. The number of amides is 3. The summed E-state index contributed by atoms with van der Waals surface area (Å²) in [5.41, 5.74) is 2.08. The lowest BCUT2D eigenvalue weighted by Crippen LogP contribution is -2.29. The molecule has 25 heavy (non-hydrogen) atoms. The topological polar surface area (TPSA) is 87.3 Å². The van der Waals surface area contributed by atoms with Crippen LogP contribution in [0.4, 0.5) is 5.69 Å². The van der Waals surface area contributed by atoms with Gasteiger partial charge in [0.1, 0.15) is 0 Å². The van der Waals surface area contributed by atoms with Crippen molar-refractivity contribution in [3.63, 3.8) is 0 Å². The average molecular weight is 343 g/mol. The van der Waals surface area contributed by atoms with Crippen LogP contribution in [0.15, 0.2) is 18.2 Å². The average Bonchev–Trinajstić information content (AvgIpc) is 3.47. The Morgan fingerprint density at radius 2 is 1.92 bits per heavy atom. The molecule has 0 saturated heterocycles. The van der Waals surface area contributed by atoms with Gasteiger partial charge in [0.05, 0.1) is 0 Å². The molecule has 3 N–H and O–H groups in total. The minimum absolute atomic E-state index is 0.0372. The highest BCUT2D eigenvalue weighted by Crippen LogP contribution is 2.37. The van der Waals surface area contributed by atoms with E-state index in [1.165, 1.54) is 0 Å². The summed E-state index contributed by atoms with van der Waals surface area (Å²) in [5, 5.41) is 8.57. The van der Waals surface area contributed by atoms with Gasteiger partial charge in [-0.3, -0.25) is 14.4 Å². The Morgan fingerprint density at radius 3 is 2.56 bits per heavy atom. The summed E-state index contributed by atoms with van der Waals surface area (Å²) in [6, 6.07) is 5.59. The van der Waals surface area contributed by atoms with Crippen molar-refractivity contribution in [2.45, 2.75) is 45.6 Å². The lowest BCUT2D eigenvalue weighted by atomic mass is 10.1. The standard InChI is InChI=1S/C19H25N3O3/c1-11-3-4-13(18(24)21-14-5-6-14)10-16(11)22-17(23)7-8-20-19(25)15-9-12(15)2/h3-4,10,12,14-15H,5-9H2,1-2H3,(H,20,25)(H,21,24)(H,22,23). The summed E-state index contributed by atoms with van der Waals surface area (Å²) in [5.74, 6) is 0.332. The molecule has 0 radical (unpaired) electrons. The van der Waals surface area contributed by atoms with Gasteiger partial charge in [-0.1, -0.05) is 13.0 Å². The van der Waals surface area contributed by atoms with Crippen LogP contribution in [0, 0.1) is 18.8 Å². The quantitative estimate of drug-likeness (QED) is 0.707. The molecule has 2 atom stereocenters. The Labute approximate surface area is 147 Å². The van der Waals surface area contributed by atoms with E-state index < -0.39 is 0 Å². The van der Waals surface area contributed by atoms with Gasteiger partial charge in [0.15, 0.2) is 0 Å². The zero-order valence-electron chi connectivity index (χ0n) is 14.7. The van der Waals surface area contributed by atoms with E-state index in [-0.39, 0.29) is 30.1 Å². The SMILES string of the molecule is Cc1ccc(C(=O)NC2CC2)cc1NC(=O)CCNC(=O)C1CC1C. The highest BCUT2D eigenvalue weighted by Gasteiger charge is 2.38. The van der Waals surface area contributed by atoms with E-state index >= 15 is 0 Å². The Bertz CT molecular complexity index is 697. The van der Waals surface area contributed by atoms with E-state index in [4.69, 9.17) is 0 Å².